The van der Waals surface area contributed by atoms with E-state index in [1.54, 1.807) is 36.4 Å². The second kappa shape index (κ2) is 9.68. The van der Waals surface area contributed by atoms with E-state index in [-0.39, 0.29) is 17.1 Å². The van der Waals surface area contributed by atoms with Gasteiger partial charge < -0.3 is 0 Å². The predicted molar refractivity (Wildman–Crippen MR) is 140 cm³/mol. The van der Waals surface area contributed by atoms with Crippen LogP contribution in [0.15, 0.2) is 78.2 Å². The Morgan fingerprint density at radius 3 is 1.59 bits per heavy atom. The smallest absolute Gasteiger partial charge is 0.258 e. The second-order valence-corrected chi connectivity index (χ2v) is 10.0. The summed E-state index contributed by atoms with van der Waals surface area (Å²) >= 11 is 3.04. The number of nitro groups is 3. The first-order valence-electron chi connectivity index (χ1n) is 10.7. The van der Waals surface area contributed by atoms with E-state index in [9.17, 15) is 30.3 Å². The Kier molecular flexibility index (Phi) is 6.26. The first-order chi connectivity index (χ1) is 17.8. The van der Waals surface area contributed by atoms with Crippen molar-refractivity contribution in [2.75, 3.05) is 0 Å². The van der Waals surface area contributed by atoms with Crippen molar-refractivity contribution >= 4 is 56.0 Å². The van der Waals surface area contributed by atoms with E-state index in [2.05, 4.69) is 0 Å². The topological polar surface area (TPSA) is 134 Å². The van der Waals surface area contributed by atoms with E-state index in [0.29, 0.717) is 0 Å². The minimum Gasteiger partial charge on any atom is -0.258 e. The van der Waals surface area contributed by atoms with Gasteiger partial charge in [-0.05, 0) is 53.6 Å². The summed E-state index contributed by atoms with van der Waals surface area (Å²) in [6.45, 7) is 0. The van der Waals surface area contributed by atoms with Gasteiger partial charge >= 0.3 is 4.14 Å². The lowest BCUT2D eigenvalue weighted by atomic mass is 10.1. The van der Waals surface area contributed by atoms with Crippen molar-refractivity contribution in [2.45, 2.75) is 0 Å². The molecular weight excluding hydrogens is 516 g/mol. The first-order valence-corrected chi connectivity index (χ1v) is 12.4. The monoisotopic (exact) mass is 531 g/mol. The number of rotatable bonds is 6. The van der Waals surface area contributed by atoms with E-state index < -0.39 is 14.8 Å². The van der Waals surface area contributed by atoms with Gasteiger partial charge in [-0.1, -0.05) is 22.7 Å². The van der Waals surface area contributed by atoms with E-state index in [1.807, 2.05) is 21.9 Å². The third-order valence-corrected chi connectivity index (χ3v) is 7.74. The molecule has 0 bridgehead atoms. The van der Waals surface area contributed by atoms with Gasteiger partial charge in [-0.2, -0.15) is 0 Å². The van der Waals surface area contributed by atoms with Crippen molar-refractivity contribution in [3.63, 3.8) is 0 Å². The van der Waals surface area contributed by atoms with E-state index in [0.717, 1.165) is 36.4 Å². The maximum atomic E-state index is 11.1. The molecule has 0 atom stereocenters. The van der Waals surface area contributed by atoms with Crippen LogP contribution in [0.1, 0.15) is 11.1 Å². The minimum absolute atomic E-state index is 0.00295. The summed E-state index contributed by atoms with van der Waals surface area (Å²) in [7, 11) is 0. The van der Waals surface area contributed by atoms with Gasteiger partial charge in [0, 0.05) is 48.0 Å². The molecule has 37 heavy (non-hydrogen) atoms. The van der Waals surface area contributed by atoms with Gasteiger partial charge in [0.25, 0.3) is 17.1 Å². The van der Waals surface area contributed by atoms with Gasteiger partial charge in [0.15, 0.2) is 0 Å². The number of thiazole rings is 2. The Bertz CT molecular complexity index is 1790. The highest BCUT2D eigenvalue weighted by Crippen LogP contribution is 2.24. The summed E-state index contributed by atoms with van der Waals surface area (Å²) in [5, 5.41) is 35.9. The molecule has 0 aliphatic rings. The first kappa shape index (κ1) is 23.9. The Balaban J connectivity index is 1.73. The van der Waals surface area contributed by atoms with Crippen molar-refractivity contribution < 1.29 is 19.2 Å². The summed E-state index contributed by atoms with van der Waals surface area (Å²) in [6, 6.07) is 18.7. The van der Waals surface area contributed by atoms with Gasteiger partial charge in [-0.25, -0.2) is 0 Å². The average Bonchev–Trinajstić information content (AvgIpc) is 3.44. The lowest BCUT2D eigenvalue weighted by Gasteiger charge is -1.95. The highest BCUT2D eigenvalue weighted by Gasteiger charge is 2.22. The summed E-state index contributed by atoms with van der Waals surface area (Å²) in [4.78, 5) is 31.8. The largest absolute Gasteiger partial charge is 0.326 e. The van der Waals surface area contributed by atoms with Gasteiger partial charge in [0.05, 0.1) is 20.1 Å². The fraction of sp³-hybridized carbons (Fsp3) is 0. The molecule has 5 aromatic rings. The molecule has 2 aromatic heterocycles. The number of non-ortho nitro benzene ring substituents is 3. The maximum absolute atomic E-state index is 11.1. The molecule has 0 saturated carbocycles. The molecule has 0 spiro atoms. The number of nitrogens with zero attached hydrogens (tertiary/aromatic N) is 4. The molecule has 0 fully saturated rings. The second-order valence-electron chi connectivity index (χ2n) is 7.86. The van der Waals surface area contributed by atoms with Crippen LogP contribution < -0.4 is 14.3 Å². The van der Waals surface area contributed by atoms with Crippen LogP contribution >= 0.6 is 22.7 Å². The highest BCUT2D eigenvalue weighted by molar-refractivity contribution is 7.34. The zero-order chi connectivity index (χ0) is 26.1. The van der Waals surface area contributed by atoms with E-state index >= 15 is 0 Å². The van der Waals surface area contributed by atoms with Crippen LogP contribution in [0.2, 0.25) is 0 Å². The molecule has 5 rings (SSSR count). The zero-order valence-electron chi connectivity index (χ0n) is 18.7. The number of benzene rings is 3. The van der Waals surface area contributed by atoms with Crippen LogP contribution in [-0.2, 0) is 0 Å². The van der Waals surface area contributed by atoms with Crippen LogP contribution in [0.5, 0.6) is 0 Å². The van der Waals surface area contributed by atoms with E-state index in [4.69, 9.17) is 0 Å². The maximum Gasteiger partial charge on any atom is 0.326 e. The predicted octanol–water partition coefficient (Wildman–Crippen LogP) is 4.60. The molecule has 0 amide bonds. The third kappa shape index (κ3) is 4.83. The fourth-order valence-corrected chi connectivity index (χ4v) is 6.04. The summed E-state index contributed by atoms with van der Waals surface area (Å²) in [6.07, 6.45) is 3.83. The number of hydrogen-bond donors (Lipinski definition) is 0. The third-order valence-electron chi connectivity index (χ3n) is 5.57. The quantitative estimate of drug-likeness (QED) is 0.179. The Hall–Kier alpha value is -4.81. The molecule has 0 radical (unpaired) electrons. The van der Waals surface area contributed by atoms with Gasteiger partial charge in [0.2, 0.25) is 11.0 Å². The lowest BCUT2D eigenvalue weighted by molar-refractivity contribution is -0.506. The molecule has 0 aliphatic carbocycles. The van der Waals surface area contributed by atoms with Crippen LogP contribution in [0.25, 0.3) is 27.6 Å². The molecule has 0 unspecified atom stereocenters. The molecule has 0 saturated heterocycles. The highest BCUT2D eigenvalue weighted by atomic mass is 32.2. The van der Waals surface area contributed by atoms with Crippen LogP contribution in [0, 0.1) is 30.3 Å². The van der Waals surface area contributed by atoms with Crippen molar-refractivity contribution in [2.24, 2.45) is 0 Å². The standard InChI is InChI=1S/C25H15N4O6S2/c30-27(31)19-7-1-16(2-8-19)13-22-24(14-17-3-9-20(10-4-17)28(32)33)37-25-26(22)23(15-36-25)18-5-11-21(12-6-18)29(34)35/h1-15H/q+1/b22-13-,24-14-. The lowest BCUT2D eigenvalue weighted by Crippen LogP contribution is -2.44. The number of fused-ring (bicyclic) bond motifs is 1. The normalized spacial score (nSPS) is 12.2. The summed E-state index contributed by atoms with van der Waals surface area (Å²) in [5.74, 6) is 0. The Morgan fingerprint density at radius 1 is 0.649 bits per heavy atom. The van der Waals surface area contributed by atoms with Gasteiger partial charge in [-0.3, -0.25) is 30.3 Å². The molecule has 0 N–H and O–H groups in total. The number of aromatic nitrogens is 1. The summed E-state index contributed by atoms with van der Waals surface area (Å²) < 4.78 is 3.87. The number of nitro benzene ring substituents is 3. The van der Waals surface area contributed by atoms with Crippen molar-refractivity contribution in [3.05, 3.63) is 130 Å². The molecule has 0 aliphatic heterocycles. The molecule has 2 heterocycles. The molecule has 12 heteroatoms. The van der Waals surface area contributed by atoms with Gasteiger partial charge in [-0.15, -0.1) is 4.40 Å². The van der Waals surface area contributed by atoms with Crippen LogP contribution in [-0.4, -0.2) is 14.8 Å². The van der Waals surface area contributed by atoms with Crippen LogP contribution in [0.4, 0.5) is 17.1 Å². The number of hydrogen-bond acceptors (Lipinski definition) is 8. The average molecular weight is 532 g/mol. The Labute approximate surface area is 215 Å². The van der Waals surface area contributed by atoms with Crippen molar-refractivity contribution in [3.8, 4) is 11.3 Å². The SMILES string of the molecule is O=[N+]([O-])c1ccc(/C=c2\sc3scc(-c4ccc([N+](=O)[O-])cc4)[n+]3\c2=C/c2ccc([N+](=O)[O-])cc2)cc1. The molecule has 3 aromatic carbocycles. The van der Waals surface area contributed by atoms with Crippen molar-refractivity contribution in [1.29, 1.82) is 0 Å². The zero-order valence-corrected chi connectivity index (χ0v) is 20.3. The van der Waals surface area contributed by atoms with Crippen molar-refractivity contribution in [1.82, 2.24) is 0 Å². The molecule has 182 valence electrons. The van der Waals surface area contributed by atoms with Gasteiger partial charge in [0.1, 0.15) is 4.53 Å². The van der Waals surface area contributed by atoms with Crippen LogP contribution in [0.3, 0.4) is 0 Å². The molecular formula is C25H15N4O6S2+. The minimum atomic E-state index is -0.458. The molecule has 10 nitrogen and oxygen atoms in total. The Morgan fingerprint density at radius 2 is 1.11 bits per heavy atom. The summed E-state index contributed by atoms with van der Waals surface area (Å²) in [5.41, 5.74) is 3.13. The van der Waals surface area contributed by atoms with E-state index in [1.165, 1.54) is 59.1 Å². The fourth-order valence-electron chi connectivity index (χ4n) is 3.75.